The van der Waals surface area contributed by atoms with Gasteiger partial charge in [0, 0.05) is 37.6 Å². The highest BCUT2D eigenvalue weighted by atomic mass is 16.5. The molecule has 1 spiro atoms. The molecule has 0 aliphatic carbocycles. The van der Waals surface area contributed by atoms with Crippen molar-refractivity contribution in [2.75, 3.05) is 60.7 Å². The first-order valence-corrected chi connectivity index (χ1v) is 13.0. The van der Waals surface area contributed by atoms with Crippen LogP contribution >= 0.6 is 0 Å². The van der Waals surface area contributed by atoms with Gasteiger partial charge in [-0.25, -0.2) is 14.8 Å². The third-order valence-electron chi connectivity index (χ3n) is 8.74. The zero-order valence-electron chi connectivity index (χ0n) is 20.9. The second-order valence-corrected chi connectivity index (χ2v) is 10.7. The topological polar surface area (TPSA) is 113 Å². The van der Waals surface area contributed by atoms with Gasteiger partial charge in [0.2, 0.25) is 0 Å². The lowest BCUT2D eigenvalue weighted by Gasteiger charge is -2.45. The largest absolute Gasteiger partial charge is 0.377 e. The maximum absolute atomic E-state index is 7.48. The minimum atomic E-state index is 0.0723. The van der Waals surface area contributed by atoms with Crippen LogP contribution in [-0.2, 0) is 9.47 Å². The molecule has 3 saturated heterocycles. The summed E-state index contributed by atoms with van der Waals surface area (Å²) in [6.45, 7) is 15.1. The smallest absolute Gasteiger partial charge is 0.189 e. The molecule has 3 N–H and O–H groups in total. The van der Waals surface area contributed by atoms with Gasteiger partial charge in [0.15, 0.2) is 22.7 Å². The van der Waals surface area contributed by atoms with Crippen molar-refractivity contribution in [1.82, 2.24) is 20.2 Å². The molecule has 2 aromatic heterocycles. The number of nitrogens with zero attached hydrogens (tertiary/aromatic N) is 7. The number of H-pyrrole nitrogens is 1. The summed E-state index contributed by atoms with van der Waals surface area (Å²) in [7, 11) is 0. The van der Waals surface area contributed by atoms with Gasteiger partial charge < -0.3 is 29.9 Å². The Hall–Kier alpha value is -3.46. The molecule has 0 bridgehead atoms. The number of nitrogens with one attached hydrogen (secondary N) is 1. The minimum Gasteiger partial charge on any atom is -0.377 e. The molecule has 3 aromatic rings. The Kier molecular flexibility index (Phi) is 5.25. The van der Waals surface area contributed by atoms with E-state index in [0.717, 1.165) is 87.4 Å². The number of nitrogens with two attached hydrogens (primary N) is 1. The SMILES string of the molecule is [C-]#[N+]c1ccc2c(c1)N(C1COC1)CCN2c1n[nH]c2nc(N3CCC4(CC3)CO[C@@H](C)[C@H]4N)cnc12. The molecule has 6 heterocycles. The summed E-state index contributed by atoms with van der Waals surface area (Å²) in [5.41, 5.74) is 10.7. The molecule has 2 atom stereocenters. The molecule has 11 heteroatoms. The van der Waals surface area contributed by atoms with E-state index in [1.54, 1.807) is 0 Å². The van der Waals surface area contributed by atoms with Gasteiger partial charge in [0.05, 0.1) is 56.1 Å². The summed E-state index contributed by atoms with van der Waals surface area (Å²) in [5.74, 6) is 1.62. The van der Waals surface area contributed by atoms with E-state index in [4.69, 9.17) is 31.7 Å². The van der Waals surface area contributed by atoms with Gasteiger partial charge in [-0.15, -0.1) is 0 Å². The number of hydrogen-bond donors (Lipinski definition) is 2. The van der Waals surface area contributed by atoms with Gasteiger partial charge in [-0.3, -0.25) is 5.10 Å². The number of hydrogen-bond acceptors (Lipinski definition) is 9. The first-order chi connectivity index (χ1) is 18.1. The van der Waals surface area contributed by atoms with Gasteiger partial charge in [0.1, 0.15) is 5.82 Å². The first kappa shape index (κ1) is 22.7. The summed E-state index contributed by atoms with van der Waals surface area (Å²) in [6, 6.07) is 6.28. The van der Waals surface area contributed by atoms with E-state index in [-0.39, 0.29) is 17.6 Å². The molecular formula is C26H31N9O2. The second kappa shape index (κ2) is 8.55. The van der Waals surface area contributed by atoms with Crippen molar-refractivity contribution in [1.29, 1.82) is 0 Å². The zero-order valence-corrected chi connectivity index (χ0v) is 20.9. The molecule has 4 aliphatic heterocycles. The second-order valence-electron chi connectivity index (χ2n) is 10.7. The van der Waals surface area contributed by atoms with Crippen LogP contribution in [-0.4, -0.2) is 84.4 Å². The van der Waals surface area contributed by atoms with Crippen LogP contribution in [0, 0.1) is 12.0 Å². The van der Waals surface area contributed by atoms with Gasteiger partial charge in [-0.05, 0) is 31.9 Å². The highest BCUT2D eigenvalue weighted by Crippen LogP contribution is 2.44. The van der Waals surface area contributed by atoms with Crippen molar-refractivity contribution in [2.24, 2.45) is 11.1 Å². The molecule has 0 unspecified atom stereocenters. The quantitative estimate of drug-likeness (QED) is 0.523. The van der Waals surface area contributed by atoms with Crippen LogP contribution in [0.4, 0.5) is 28.7 Å². The van der Waals surface area contributed by atoms with E-state index in [0.29, 0.717) is 17.4 Å². The molecule has 192 valence electrons. The van der Waals surface area contributed by atoms with Crippen LogP contribution in [0.25, 0.3) is 16.0 Å². The van der Waals surface area contributed by atoms with Crippen LogP contribution in [0.15, 0.2) is 24.4 Å². The van der Waals surface area contributed by atoms with Gasteiger partial charge in [-0.1, -0.05) is 6.07 Å². The number of aromatic nitrogens is 4. The molecule has 0 saturated carbocycles. The Labute approximate surface area is 215 Å². The van der Waals surface area contributed by atoms with E-state index in [9.17, 15) is 0 Å². The maximum Gasteiger partial charge on any atom is 0.189 e. The molecule has 0 amide bonds. The summed E-state index contributed by atoms with van der Waals surface area (Å²) in [4.78, 5) is 20.2. The first-order valence-electron chi connectivity index (χ1n) is 13.0. The van der Waals surface area contributed by atoms with Crippen molar-refractivity contribution in [3.8, 4) is 0 Å². The van der Waals surface area contributed by atoms with Crippen LogP contribution in [0.2, 0.25) is 0 Å². The Bertz CT molecular complexity index is 1370. The van der Waals surface area contributed by atoms with E-state index in [1.165, 1.54) is 0 Å². The van der Waals surface area contributed by atoms with Crippen molar-refractivity contribution in [2.45, 2.75) is 38.0 Å². The van der Waals surface area contributed by atoms with E-state index in [1.807, 2.05) is 24.4 Å². The lowest BCUT2D eigenvalue weighted by Crippen LogP contribution is -2.53. The molecule has 7 rings (SSSR count). The third-order valence-corrected chi connectivity index (χ3v) is 8.74. The fourth-order valence-corrected chi connectivity index (χ4v) is 6.27. The lowest BCUT2D eigenvalue weighted by atomic mass is 9.73. The zero-order chi connectivity index (χ0) is 25.1. The van der Waals surface area contributed by atoms with Gasteiger partial charge >= 0.3 is 0 Å². The van der Waals surface area contributed by atoms with Crippen molar-refractivity contribution in [3.05, 3.63) is 35.8 Å². The predicted octanol–water partition coefficient (Wildman–Crippen LogP) is 2.59. The maximum atomic E-state index is 7.48. The van der Waals surface area contributed by atoms with E-state index in [2.05, 4.69) is 36.7 Å². The number of anilines is 4. The van der Waals surface area contributed by atoms with Crippen molar-refractivity contribution >= 4 is 39.9 Å². The summed E-state index contributed by atoms with van der Waals surface area (Å²) < 4.78 is 11.3. The summed E-state index contributed by atoms with van der Waals surface area (Å²) >= 11 is 0. The monoisotopic (exact) mass is 501 g/mol. The van der Waals surface area contributed by atoms with E-state index >= 15 is 0 Å². The molecule has 37 heavy (non-hydrogen) atoms. The average Bonchev–Trinajstić information content (AvgIpc) is 3.44. The Morgan fingerprint density at radius 1 is 1.16 bits per heavy atom. The molecular weight excluding hydrogens is 470 g/mol. The number of rotatable bonds is 3. The Balaban J connectivity index is 1.16. The predicted molar refractivity (Wildman–Crippen MR) is 141 cm³/mol. The van der Waals surface area contributed by atoms with Crippen LogP contribution in [0.1, 0.15) is 19.8 Å². The molecule has 0 radical (unpaired) electrons. The molecule has 11 nitrogen and oxygen atoms in total. The highest BCUT2D eigenvalue weighted by Gasteiger charge is 2.47. The number of benzene rings is 1. The van der Waals surface area contributed by atoms with Gasteiger partial charge in [-0.2, -0.15) is 5.10 Å². The summed E-state index contributed by atoms with van der Waals surface area (Å²) in [5, 5.41) is 7.77. The number of piperidine rings is 1. The van der Waals surface area contributed by atoms with Crippen molar-refractivity contribution in [3.63, 3.8) is 0 Å². The molecule has 3 fully saturated rings. The number of aromatic amines is 1. The van der Waals surface area contributed by atoms with Crippen molar-refractivity contribution < 1.29 is 9.47 Å². The van der Waals surface area contributed by atoms with Crippen LogP contribution in [0.5, 0.6) is 0 Å². The van der Waals surface area contributed by atoms with Crippen LogP contribution < -0.4 is 20.4 Å². The number of ether oxygens (including phenoxy) is 2. The molecule has 1 aromatic carbocycles. The van der Waals surface area contributed by atoms with Crippen LogP contribution in [0.3, 0.4) is 0 Å². The lowest BCUT2D eigenvalue weighted by molar-refractivity contribution is 0.00808. The number of fused-ring (bicyclic) bond motifs is 2. The standard InChI is InChI=1S/C26H31N9O2/c1-16-23(27)26(15-37-16)5-7-33(8-6-26)21-12-29-22-24(30-21)31-32-25(22)35-10-9-34(18-13-36-14-18)20-11-17(28-2)3-4-19(20)35/h3-4,11-12,16,18,23H,5-10,13-15,27H2,1H3,(H,30,31,32)/t16-,23+/m0/s1. The highest BCUT2D eigenvalue weighted by molar-refractivity contribution is 5.91. The Morgan fingerprint density at radius 3 is 2.70 bits per heavy atom. The third kappa shape index (κ3) is 3.54. The average molecular weight is 502 g/mol. The summed E-state index contributed by atoms with van der Waals surface area (Å²) in [6.07, 6.45) is 3.96. The van der Waals surface area contributed by atoms with E-state index < -0.39 is 0 Å². The fraction of sp³-hybridized carbons (Fsp3) is 0.538. The molecule has 4 aliphatic rings. The fourth-order valence-electron chi connectivity index (χ4n) is 6.27. The normalized spacial score (nSPS) is 25.4. The van der Waals surface area contributed by atoms with Gasteiger partial charge in [0.25, 0.3) is 0 Å². The minimum absolute atomic E-state index is 0.0723. The Morgan fingerprint density at radius 2 is 2.00 bits per heavy atom.